The molecule has 0 radical (unpaired) electrons. The van der Waals surface area contributed by atoms with Crippen molar-refractivity contribution < 1.29 is 9.59 Å². The van der Waals surface area contributed by atoms with E-state index >= 15 is 0 Å². The lowest BCUT2D eigenvalue weighted by Crippen LogP contribution is -2.47. The third-order valence-electron chi connectivity index (χ3n) is 2.58. The summed E-state index contributed by atoms with van der Waals surface area (Å²) in [6.07, 6.45) is 2.60. The Morgan fingerprint density at radius 3 is 2.38 bits per heavy atom. The molecule has 0 aliphatic heterocycles. The summed E-state index contributed by atoms with van der Waals surface area (Å²) in [6.45, 7) is 5.64. The van der Waals surface area contributed by atoms with Gasteiger partial charge in [-0.3, -0.25) is 9.59 Å². The van der Waals surface area contributed by atoms with Crippen molar-refractivity contribution in [3.8, 4) is 0 Å². The van der Waals surface area contributed by atoms with Crippen LogP contribution in [0.4, 0.5) is 0 Å². The minimum absolute atomic E-state index is 0.220. The Bertz CT molecular complexity index is 252. The number of carbonyl (C=O) groups excluding carboxylic acids is 2. The number of rotatable bonds is 7. The van der Waals surface area contributed by atoms with Gasteiger partial charge in [-0.05, 0) is 20.3 Å². The summed E-state index contributed by atoms with van der Waals surface area (Å²) < 4.78 is 0. The van der Waals surface area contributed by atoms with Gasteiger partial charge in [0.25, 0.3) is 0 Å². The molecule has 0 bridgehead atoms. The third-order valence-corrected chi connectivity index (χ3v) is 2.58. The van der Waals surface area contributed by atoms with E-state index in [0.29, 0.717) is 6.42 Å². The Balaban J connectivity index is 4.02. The molecule has 1 atom stereocenters. The van der Waals surface area contributed by atoms with E-state index < -0.39 is 17.4 Å². The summed E-state index contributed by atoms with van der Waals surface area (Å²) in [4.78, 5) is 22.5. The van der Waals surface area contributed by atoms with Crippen LogP contribution in [0.1, 0.15) is 40.0 Å². The second kappa shape index (κ2) is 6.48. The predicted octanol–water partition coefficient (Wildman–Crippen LogP) is 0.132. The van der Waals surface area contributed by atoms with Crippen LogP contribution >= 0.6 is 0 Å². The molecule has 0 aromatic heterocycles. The summed E-state index contributed by atoms with van der Waals surface area (Å²) in [5.74, 6) is -0.655. The molecule has 5 N–H and O–H groups in total. The monoisotopic (exact) mass is 229 g/mol. The van der Waals surface area contributed by atoms with Crippen LogP contribution in [0.2, 0.25) is 0 Å². The molecule has 0 spiro atoms. The highest BCUT2D eigenvalue weighted by Crippen LogP contribution is 2.11. The molecule has 0 rings (SSSR count). The van der Waals surface area contributed by atoms with Crippen LogP contribution < -0.4 is 16.8 Å². The number of hydrogen-bond acceptors (Lipinski definition) is 3. The number of carbonyl (C=O) groups is 2. The van der Waals surface area contributed by atoms with Crippen molar-refractivity contribution >= 4 is 11.8 Å². The molecule has 2 amide bonds. The SMILES string of the molecule is CCCC[C@H](N)C(=O)NCC(C)(C)C(N)=O. The van der Waals surface area contributed by atoms with E-state index in [-0.39, 0.29) is 12.5 Å². The zero-order valence-corrected chi connectivity index (χ0v) is 10.4. The molecule has 16 heavy (non-hydrogen) atoms. The van der Waals surface area contributed by atoms with Crippen LogP contribution in [0.15, 0.2) is 0 Å². The van der Waals surface area contributed by atoms with E-state index in [1.54, 1.807) is 13.8 Å². The molecule has 0 aliphatic carbocycles. The van der Waals surface area contributed by atoms with E-state index in [2.05, 4.69) is 5.32 Å². The highest BCUT2D eigenvalue weighted by Gasteiger charge is 2.26. The van der Waals surface area contributed by atoms with E-state index in [0.717, 1.165) is 12.8 Å². The maximum absolute atomic E-state index is 11.5. The molecule has 0 saturated carbocycles. The lowest BCUT2D eigenvalue weighted by atomic mass is 9.92. The van der Waals surface area contributed by atoms with Crippen LogP contribution in [0, 0.1) is 5.41 Å². The van der Waals surface area contributed by atoms with Crippen LogP contribution in [0.3, 0.4) is 0 Å². The zero-order chi connectivity index (χ0) is 12.8. The zero-order valence-electron chi connectivity index (χ0n) is 10.4. The van der Waals surface area contributed by atoms with Crippen molar-refractivity contribution in [2.45, 2.75) is 46.1 Å². The highest BCUT2D eigenvalue weighted by molar-refractivity contribution is 5.84. The second-order valence-electron chi connectivity index (χ2n) is 4.71. The van der Waals surface area contributed by atoms with Gasteiger partial charge >= 0.3 is 0 Å². The van der Waals surface area contributed by atoms with Gasteiger partial charge in [-0.1, -0.05) is 19.8 Å². The van der Waals surface area contributed by atoms with Crippen molar-refractivity contribution in [2.75, 3.05) is 6.54 Å². The minimum atomic E-state index is -0.736. The minimum Gasteiger partial charge on any atom is -0.369 e. The van der Waals surface area contributed by atoms with Crippen LogP contribution in [-0.2, 0) is 9.59 Å². The topological polar surface area (TPSA) is 98.2 Å². The molecule has 0 aliphatic rings. The Labute approximate surface area is 96.9 Å². The lowest BCUT2D eigenvalue weighted by Gasteiger charge is -2.22. The summed E-state index contributed by atoms with van der Waals surface area (Å²) in [7, 11) is 0. The van der Waals surface area contributed by atoms with Gasteiger partial charge in [0, 0.05) is 6.54 Å². The normalized spacial score (nSPS) is 13.2. The summed E-state index contributed by atoms with van der Waals surface area (Å²) in [5, 5.41) is 2.65. The van der Waals surface area contributed by atoms with Crippen molar-refractivity contribution in [3.63, 3.8) is 0 Å². The van der Waals surface area contributed by atoms with Gasteiger partial charge in [-0.2, -0.15) is 0 Å². The molecule has 0 saturated heterocycles. The fourth-order valence-electron chi connectivity index (χ4n) is 1.08. The van der Waals surface area contributed by atoms with Gasteiger partial charge in [-0.25, -0.2) is 0 Å². The van der Waals surface area contributed by atoms with Gasteiger partial charge in [0.1, 0.15) is 0 Å². The largest absolute Gasteiger partial charge is 0.369 e. The molecule has 94 valence electrons. The number of primary amides is 1. The number of amides is 2. The van der Waals surface area contributed by atoms with Crippen molar-refractivity contribution in [1.29, 1.82) is 0 Å². The number of hydrogen-bond donors (Lipinski definition) is 3. The molecular weight excluding hydrogens is 206 g/mol. The molecule has 0 heterocycles. The molecule has 5 nitrogen and oxygen atoms in total. The van der Waals surface area contributed by atoms with Crippen molar-refractivity contribution in [3.05, 3.63) is 0 Å². The van der Waals surface area contributed by atoms with Crippen molar-refractivity contribution in [2.24, 2.45) is 16.9 Å². The van der Waals surface area contributed by atoms with Crippen LogP contribution in [-0.4, -0.2) is 24.4 Å². The molecule has 0 aromatic rings. The first-order chi connectivity index (χ1) is 7.31. The Hall–Kier alpha value is -1.10. The fraction of sp³-hybridized carbons (Fsp3) is 0.818. The van der Waals surface area contributed by atoms with Crippen LogP contribution in [0.5, 0.6) is 0 Å². The number of nitrogens with two attached hydrogens (primary N) is 2. The quantitative estimate of drug-likeness (QED) is 0.578. The number of nitrogens with one attached hydrogen (secondary N) is 1. The average Bonchev–Trinajstić information content (AvgIpc) is 2.22. The van der Waals surface area contributed by atoms with Crippen LogP contribution in [0.25, 0.3) is 0 Å². The molecule has 0 fully saturated rings. The smallest absolute Gasteiger partial charge is 0.236 e. The average molecular weight is 229 g/mol. The first kappa shape index (κ1) is 14.9. The molecule has 0 aromatic carbocycles. The highest BCUT2D eigenvalue weighted by atomic mass is 16.2. The second-order valence-corrected chi connectivity index (χ2v) is 4.71. The van der Waals surface area contributed by atoms with Gasteiger partial charge < -0.3 is 16.8 Å². The third kappa shape index (κ3) is 5.11. The van der Waals surface area contributed by atoms with E-state index in [1.165, 1.54) is 0 Å². The summed E-state index contributed by atoms with van der Waals surface area (Å²) in [6, 6.07) is -0.497. The fourth-order valence-corrected chi connectivity index (χ4v) is 1.08. The van der Waals surface area contributed by atoms with Gasteiger partial charge in [0.15, 0.2) is 0 Å². The Kier molecular flexibility index (Phi) is 6.03. The molecule has 0 unspecified atom stereocenters. The maximum Gasteiger partial charge on any atom is 0.236 e. The maximum atomic E-state index is 11.5. The van der Waals surface area contributed by atoms with E-state index in [9.17, 15) is 9.59 Å². The Morgan fingerprint density at radius 2 is 1.94 bits per heavy atom. The Morgan fingerprint density at radius 1 is 1.38 bits per heavy atom. The van der Waals surface area contributed by atoms with Crippen molar-refractivity contribution in [1.82, 2.24) is 5.32 Å². The van der Waals surface area contributed by atoms with E-state index in [4.69, 9.17) is 11.5 Å². The lowest BCUT2D eigenvalue weighted by molar-refractivity contribution is -0.127. The standard InChI is InChI=1S/C11H23N3O2/c1-4-5-6-8(12)9(15)14-7-11(2,3)10(13)16/h8H,4-7,12H2,1-3H3,(H2,13,16)(H,14,15)/t8-/m0/s1. The van der Waals surface area contributed by atoms with E-state index in [1.807, 2.05) is 6.92 Å². The van der Waals surface area contributed by atoms with Gasteiger partial charge in [0.2, 0.25) is 11.8 Å². The molecular formula is C11H23N3O2. The van der Waals surface area contributed by atoms with Gasteiger partial charge in [0.05, 0.1) is 11.5 Å². The summed E-state index contributed by atoms with van der Waals surface area (Å²) in [5.41, 5.74) is 10.1. The molecule has 5 heteroatoms. The first-order valence-corrected chi connectivity index (χ1v) is 5.64. The summed E-state index contributed by atoms with van der Waals surface area (Å²) >= 11 is 0. The predicted molar refractivity (Wildman–Crippen MR) is 63.5 cm³/mol. The number of unbranched alkanes of at least 4 members (excludes halogenated alkanes) is 1. The first-order valence-electron chi connectivity index (χ1n) is 5.64. The van der Waals surface area contributed by atoms with Gasteiger partial charge in [-0.15, -0.1) is 0 Å².